The van der Waals surface area contributed by atoms with Crippen molar-refractivity contribution < 1.29 is 4.79 Å². The largest absolute Gasteiger partial charge is 0.354 e. The molecule has 0 saturated heterocycles. The van der Waals surface area contributed by atoms with Gasteiger partial charge < -0.3 is 10.6 Å². The van der Waals surface area contributed by atoms with Gasteiger partial charge in [-0.25, -0.2) is 9.97 Å². The van der Waals surface area contributed by atoms with Crippen molar-refractivity contribution in [3.63, 3.8) is 0 Å². The molecule has 2 heterocycles. The van der Waals surface area contributed by atoms with Gasteiger partial charge in [0.1, 0.15) is 0 Å². The lowest BCUT2D eigenvalue weighted by atomic mass is 10.2. The van der Waals surface area contributed by atoms with Crippen LogP contribution in [0.5, 0.6) is 0 Å². The topological polar surface area (TPSA) is 79.8 Å². The van der Waals surface area contributed by atoms with Crippen LogP contribution in [0.25, 0.3) is 0 Å². The zero-order valence-corrected chi connectivity index (χ0v) is 13.0. The quantitative estimate of drug-likeness (QED) is 0.767. The van der Waals surface area contributed by atoms with Crippen molar-refractivity contribution >= 4 is 11.9 Å². The Morgan fingerprint density at radius 1 is 1.27 bits per heavy atom. The normalized spacial score (nSPS) is 10.3. The smallest absolute Gasteiger partial charge is 0.255 e. The number of nitrogens with zero attached hydrogens (tertiary/aromatic N) is 3. The first-order valence-electron chi connectivity index (χ1n) is 7.46. The van der Waals surface area contributed by atoms with Crippen molar-refractivity contribution in [1.82, 2.24) is 20.3 Å². The van der Waals surface area contributed by atoms with E-state index >= 15 is 0 Å². The Balaban J connectivity index is 1.95. The SMILES string of the molecule is CCCCNc1ncc(C(=O)NCc2ccccn2)c(C)n1. The van der Waals surface area contributed by atoms with Crippen LogP contribution in [-0.2, 0) is 6.54 Å². The van der Waals surface area contributed by atoms with E-state index in [9.17, 15) is 4.79 Å². The lowest BCUT2D eigenvalue weighted by Crippen LogP contribution is -2.25. The maximum Gasteiger partial charge on any atom is 0.255 e. The molecule has 0 radical (unpaired) electrons. The van der Waals surface area contributed by atoms with E-state index in [2.05, 4.69) is 32.5 Å². The number of pyridine rings is 1. The van der Waals surface area contributed by atoms with Crippen molar-refractivity contribution in [2.45, 2.75) is 33.2 Å². The average molecular weight is 299 g/mol. The first-order valence-corrected chi connectivity index (χ1v) is 7.46. The van der Waals surface area contributed by atoms with Crippen LogP contribution >= 0.6 is 0 Å². The molecule has 0 unspecified atom stereocenters. The summed E-state index contributed by atoms with van der Waals surface area (Å²) >= 11 is 0. The van der Waals surface area contributed by atoms with Crippen molar-refractivity contribution in [3.8, 4) is 0 Å². The summed E-state index contributed by atoms with van der Waals surface area (Å²) in [5, 5.41) is 5.97. The number of aromatic nitrogens is 3. The van der Waals surface area contributed by atoms with Gasteiger partial charge in [0.25, 0.3) is 5.91 Å². The minimum Gasteiger partial charge on any atom is -0.354 e. The summed E-state index contributed by atoms with van der Waals surface area (Å²) in [7, 11) is 0. The summed E-state index contributed by atoms with van der Waals surface area (Å²) in [5.41, 5.74) is 1.96. The van der Waals surface area contributed by atoms with Crippen LogP contribution in [0, 0.1) is 6.92 Å². The van der Waals surface area contributed by atoms with E-state index in [1.54, 1.807) is 12.4 Å². The van der Waals surface area contributed by atoms with E-state index in [1.807, 2.05) is 25.1 Å². The molecule has 0 fully saturated rings. The second-order valence-corrected chi connectivity index (χ2v) is 4.98. The third-order valence-electron chi connectivity index (χ3n) is 3.19. The standard InChI is InChI=1S/C16H21N5O/c1-3-4-8-18-16-20-11-14(12(2)21-16)15(22)19-10-13-7-5-6-9-17-13/h5-7,9,11H,3-4,8,10H2,1-2H3,(H,19,22)(H,18,20,21). The van der Waals surface area contributed by atoms with Gasteiger partial charge in [-0.2, -0.15) is 0 Å². The van der Waals surface area contributed by atoms with Gasteiger partial charge in [-0.3, -0.25) is 9.78 Å². The highest BCUT2D eigenvalue weighted by Crippen LogP contribution is 2.07. The van der Waals surface area contributed by atoms with Gasteiger partial charge in [-0.05, 0) is 25.5 Å². The van der Waals surface area contributed by atoms with Crippen molar-refractivity contribution in [2.24, 2.45) is 0 Å². The molecule has 22 heavy (non-hydrogen) atoms. The molecule has 0 atom stereocenters. The van der Waals surface area contributed by atoms with E-state index in [0.717, 1.165) is 25.1 Å². The number of rotatable bonds is 7. The zero-order valence-electron chi connectivity index (χ0n) is 13.0. The Kier molecular flexibility index (Phi) is 5.82. The van der Waals surface area contributed by atoms with E-state index < -0.39 is 0 Å². The molecule has 0 saturated carbocycles. The average Bonchev–Trinajstić information content (AvgIpc) is 2.54. The van der Waals surface area contributed by atoms with Crippen LogP contribution in [-0.4, -0.2) is 27.4 Å². The fourth-order valence-corrected chi connectivity index (χ4v) is 1.92. The number of hydrogen-bond donors (Lipinski definition) is 2. The number of carbonyl (C=O) groups is 1. The highest BCUT2D eigenvalue weighted by molar-refractivity contribution is 5.94. The minimum absolute atomic E-state index is 0.191. The van der Waals surface area contributed by atoms with E-state index in [0.29, 0.717) is 23.8 Å². The summed E-state index contributed by atoms with van der Waals surface area (Å²) < 4.78 is 0. The summed E-state index contributed by atoms with van der Waals surface area (Å²) in [6, 6.07) is 5.59. The lowest BCUT2D eigenvalue weighted by Gasteiger charge is -2.09. The van der Waals surface area contributed by atoms with Crippen LogP contribution in [0.2, 0.25) is 0 Å². The molecule has 0 aliphatic carbocycles. The molecule has 1 amide bonds. The summed E-state index contributed by atoms with van der Waals surface area (Å²) in [6.07, 6.45) is 5.44. The number of unbranched alkanes of at least 4 members (excludes halogenated alkanes) is 1. The Morgan fingerprint density at radius 2 is 2.14 bits per heavy atom. The Hall–Kier alpha value is -2.50. The van der Waals surface area contributed by atoms with Gasteiger partial charge in [0.2, 0.25) is 5.95 Å². The van der Waals surface area contributed by atoms with Crippen LogP contribution in [0.1, 0.15) is 41.5 Å². The van der Waals surface area contributed by atoms with Crippen LogP contribution in [0.4, 0.5) is 5.95 Å². The molecule has 0 bridgehead atoms. The van der Waals surface area contributed by atoms with Crippen LogP contribution in [0.15, 0.2) is 30.6 Å². The van der Waals surface area contributed by atoms with Gasteiger partial charge in [0.15, 0.2) is 0 Å². The number of nitrogens with one attached hydrogen (secondary N) is 2. The number of carbonyl (C=O) groups excluding carboxylic acids is 1. The Bertz CT molecular complexity index is 615. The summed E-state index contributed by atoms with van der Waals surface area (Å²) in [5.74, 6) is 0.371. The summed E-state index contributed by atoms with van der Waals surface area (Å²) in [6.45, 7) is 5.15. The second-order valence-electron chi connectivity index (χ2n) is 4.98. The molecule has 2 aromatic rings. The molecule has 0 aromatic carbocycles. The number of aryl methyl sites for hydroxylation is 1. The Morgan fingerprint density at radius 3 is 2.82 bits per heavy atom. The molecular weight excluding hydrogens is 278 g/mol. The number of amides is 1. The molecular formula is C16H21N5O. The monoisotopic (exact) mass is 299 g/mol. The molecule has 2 N–H and O–H groups in total. The van der Waals surface area contributed by atoms with E-state index in [1.165, 1.54) is 0 Å². The fourth-order valence-electron chi connectivity index (χ4n) is 1.92. The highest BCUT2D eigenvalue weighted by atomic mass is 16.1. The maximum absolute atomic E-state index is 12.2. The van der Waals surface area contributed by atoms with Gasteiger partial charge in [-0.1, -0.05) is 19.4 Å². The second kappa shape index (κ2) is 8.07. The van der Waals surface area contributed by atoms with Gasteiger partial charge in [-0.15, -0.1) is 0 Å². The van der Waals surface area contributed by atoms with Crippen LogP contribution < -0.4 is 10.6 Å². The molecule has 6 heteroatoms. The molecule has 6 nitrogen and oxygen atoms in total. The molecule has 2 aromatic heterocycles. The van der Waals surface area contributed by atoms with Crippen LogP contribution in [0.3, 0.4) is 0 Å². The van der Waals surface area contributed by atoms with E-state index in [-0.39, 0.29) is 5.91 Å². The third kappa shape index (κ3) is 4.51. The van der Waals surface area contributed by atoms with Crippen molar-refractivity contribution in [2.75, 3.05) is 11.9 Å². The lowest BCUT2D eigenvalue weighted by molar-refractivity contribution is 0.0949. The first-order chi connectivity index (χ1) is 10.7. The van der Waals surface area contributed by atoms with Gasteiger partial charge in [0, 0.05) is 18.9 Å². The van der Waals surface area contributed by atoms with Gasteiger partial charge in [0.05, 0.1) is 23.5 Å². The molecule has 0 aliphatic rings. The predicted molar refractivity (Wildman–Crippen MR) is 85.6 cm³/mol. The highest BCUT2D eigenvalue weighted by Gasteiger charge is 2.11. The maximum atomic E-state index is 12.2. The van der Waals surface area contributed by atoms with E-state index in [4.69, 9.17) is 0 Å². The fraction of sp³-hybridized carbons (Fsp3) is 0.375. The third-order valence-corrected chi connectivity index (χ3v) is 3.19. The Labute approximate surface area is 130 Å². The molecule has 0 spiro atoms. The van der Waals surface area contributed by atoms with Crippen molar-refractivity contribution in [3.05, 3.63) is 47.5 Å². The molecule has 2 rings (SSSR count). The molecule has 116 valence electrons. The number of anilines is 1. The minimum atomic E-state index is -0.191. The molecule has 0 aliphatic heterocycles. The first kappa shape index (κ1) is 15.9. The number of hydrogen-bond acceptors (Lipinski definition) is 5. The van der Waals surface area contributed by atoms with Gasteiger partial charge >= 0.3 is 0 Å². The predicted octanol–water partition coefficient (Wildman–Crippen LogP) is 2.32. The zero-order chi connectivity index (χ0) is 15.8. The summed E-state index contributed by atoms with van der Waals surface area (Å²) in [4.78, 5) is 24.8. The van der Waals surface area contributed by atoms with Crippen molar-refractivity contribution in [1.29, 1.82) is 0 Å².